The summed E-state index contributed by atoms with van der Waals surface area (Å²) in [6, 6.07) is 4.39. The molecule has 0 spiro atoms. The second-order valence-electron chi connectivity index (χ2n) is 6.48. The van der Waals surface area contributed by atoms with Gasteiger partial charge in [-0.05, 0) is 18.6 Å². The van der Waals surface area contributed by atoms with Crippen molar-refractivity contribution >= 4 is 11.6 Å². The second-order valence-corrected chi connectivity index (χ2v) is 6.48. The van der Waals surface area contributed by atoms with Crippen molar-refractivity contribution in [2.75, 3.05) is 24.5 Å². The van der Waals surface area contributed by atoms with Crippen LogP contribution in [-0.4, -0.2) is 49.9 Å². The fourth-order valence-corrected chi connectivity index (χ4v) is 3.19. The molecule has 0 aromatic heterocycles. The van der Waals surface area contributed by atoms with Gasteiger partial charge in [0.05, 0.1) is 12.6 Å². The molecule has 5 nitrogen and oxygen atoms in total. The van der Waals surface area contributed by atoms with Crippen LogP contribution < -0.4 is 20.3 Å². The van der Waals surface area contributed by atoms with E-state index in [1.807, 2.05) is 4.90 Å². The van der Waals surface area contributed by atoms with E-state index in [1.54, 1.807) is 6.07 Å². The largest absolute Gasteiger partial charge is 0.573 e. The Morgan fingerprint density at radius 3 is 2.77 bits per heavy atom. The van der Waals surface area contributed by atoms with Crippen molar-refractivity contribution in [3.63, 3.8) is 0 Å². The van der Waals surface area contributed by atoms with E-state index in [9.17, 15) is 26.7 Å². The summed E-state index contributed by atoms with van der Waals surface area (Å²) in [4.78, 5) is 13.9. The highest BCUT2D eigenvalue weighted by Crippen LogP contribution is 2.29. The lowest BCUT2D eigenvalue weighted by molar-refractivity contribution is -0.274. The number of carbonyl (C=O) groups is 1. The lowest BCUT2D eigenvalue weighted by atomic mass is 10.1. The molecule has 2 fully saturated rings. The smallest absolute Gasteiger partial charge is 0.406 e. The quantitative estimate of drug-likeness (QED) is 0.789. The van der Waals surface area contributed by atoms with Gasteiger partial charge in [0.15, 0.2) is 0 Å². The van der Waals surface area contributed by atoms with Gasteiger partial charge in [0.1, 0.15) is 5.75 Å². The topological polar surface area (TPSA) is 53.6 Å². The zero-order valence-electron chi connectivity index (χ0n) is 13.7. The molecule has 2 N–H and O–H groups in total. The minimum Gasteiger partial charge on any atom is -0.406 e. The molecule has 2 atom stereocenters. The van der Waals surface area contributed by atoms with Crippen molar-refractivity contribution in [3.05, 3.63) is 24.3 Å². The number of rotatable bonds is 4. The molecule has 144 valence electrons. The maximum Gasteiger partial charge on any atom is 0.573 e. The molecule has 1 amide bonds. The average molecular weight is 379 g/mol. The molecule has 10 heteroatoms. The Morgan fingerprint density at radius 2 is 2.12 bits per heavy atom. The summed E-state index contributed by atoms with van der Waals surface area (Å²) in [5, 5.41) is 5.22. The third kappa shape index (κ3) is 4.75. The number of ether oxygens (including phenoxy) is 1. The summed E-state index contributed by atoms with van der Waals surface area (Å²) in [5.74, 6) is -3.69. The molecule has 0 bridgehead atoms. The van der Waals surface area contributed by atoms with E-state index >= 15 is 0 Å². The van der Waals surface area contributed by atoms with Crippen molar-refractivity contribution in [3.8, 4) is 5.75 Å². The van der Waals surface area contributed by atoms with E-state index in [-0.39, 0.29) is 11.8 Å². The van der Waals surface area contributed by atoms with Crippen LogP contribution in [-0.2, 0) is 4.79 Å². The summed E-state index contributed by atoms with van der Waals surface area (Å²) in [5.41, 5.74) is 0.536. The van der Waals surface area contributed by atoms with Gasteiger partial charge < -0.3 is 15.0 Å². The number of carbonyl (C=O) groups excluding carboxylic acids is 1. The number of anilines is 1. The van der Waals surface area contributed by atoms with Gasteiger partial charge in [0.25, 0.3) is 5.92 Å². The molecule has 2 aliphatic heterocycles. The van der Waals surface area contributed by atoms with Gasteiger partial charge in [-0.15, -0.1) is 13.2 Å². The molecule has 26 heavy (non-hydrogen) atoms. The number of nitrogens with zero attached hydrogens (tertiary/aromatic N) is 1. The van der Waals surface area contributed by atoms with Gasteiger partial charge >= 0.3 is 6.36 Å². The van der Waals surface area contributed by atoms with Crippen LogP contribution in [0, 0.1) is 0 Å². The van der Waals surface area contributed by atoms with Gasteiger partial charge in [-0.2, -0.15) is 0 Å². The predicted molar refractivity (Wildman–Crippen MR) is 83.2 cm³/mol. The van der Waals surface area contributed by atoms with E-state index in [2.05, 4.69) is 15.4 Å². The highest BCUT2D eigenvalue weighted by molar-refractivity contribution is 5.82. The maximum atomic E-state index is 13.2. The zero-order chi connectivity index (χ0) is 18.9. The molecule has 0 saturated carbocycles. The number of benzene rings is 1. The molecule has 1 aromatic rings. The minimum atomic E-state index is -4.77. The van der Waals surface area contributed by atoms with E-state index in [0.29, 0.717) is 25.2 Å². The van der Waals surface area contributed by atoms with Gasteiger partial charge in [-0.3, -0.25) is 10.1 Å². The van der Waals surface area contributed by atoms with Gasteiger partial charge in [-0.1, -0.05) is 6.07 Å². The standard InChI is InChI=1S/C16H18F5N3O2/c17-15(18)7-13(22-9-15)14(25)23-10-4-5-24(8-10)11-2-1-3-12(6-11)26-16(19,20)21/h1-3,6,10,13,22H,4-5,7-9H2,(H,23,25). The summed E-state index contributed by atoms with van der Waals surface area (Å²) < 4.78 is 67.2. The molecule has 2 unspecified atom stereocenters. The fourth-order valence-electron chi connectivity index (χ4n) is 3.19. The Kier molecular flexibility index (Phi) is 4.96. The van der Waals surface area contributed by atoms with Crippen LogP contribution in [0.25, 0.3) is 0 Å². The normalized spacial score (nSPS) is 25.3. The van der Waals surface area contributed by atoms with E-state index in [1.165, 1.54) is 18.2 Å². The first kappa shape index (κ1) is 18.7. The van der Waals surface area contributed by atoms with E-state index < -0.39 is 37.2 Å². The number of amides is 1. The molecule has 0 radical (unpaired) electrons. The molecule has 2 saturated heterocycles. The number of hydrogen-bond donors (Lipinski definition) is 2. The third-order valence-electron chi connectivity index (χ3n) is 4.38. The molecule has 2 aliphatic rings. The maximum absolute atomic E-state index is 13.2. The lowest BCUT2D eigenvalue weighted by Crippen LogP contribution is -2.46. The van der Waals surface area contributed by atoms with Crippen LogP contribution in [0.4, 0.5) is 27.6 Å². The van der Waals surface area contributed by atoms with Crippen LogP contribution in [0.1, 0.15) is 12.8 Å². The van der Waals surface area contributed by atoms with Gasteiger partial charge in [-0.25, -0.2) is 8.78 Å². The summed E-state index contributed by atoms with van der Waals surface area (Å²) in [7, 11) is 0. The summed E-state index contributed by atoms with van der Waals surface area (Å²) >= 11 is 0. The molecule has 2 heterocycles. The Labute approximate surface area is 146 Å². The minimum absolute atomic E-state index is 0.259. The molecular weight excluding hydrogens is 361 g/mol. The van der Waals surface area contributed by atoms with Crippen LogP contribution in [0.2, 0.25) is 0 Å². The predicted octanol–water partition coefficient (Wildman–Crippen LogP) is 2.28. The van der Waals surface area contributed by atoms with E-state index in [0.717, 1.165) is 0 Å². The number of hydrogen-bond acceptors (Lipinski definition) is 4. The molecule has 0 aliphatic carbocycles. The van der Waals surface area contributed by atoms with Crippen LogP contribution in [0.3, 0.4) is 0 Å². The monoisotopic (exact) mass is 379 g/mol. The Morgan fingerprint density at radius 1 is 1.35 bits per heavy atom. The first-order chi connectivity index (χ1) is 12.1. The highest BCUT2D eigenvalue weighted by atomic mass is 19.4. The van der Waals surface area contributed by atoms with Gasteiger partial charge in [0.2, 0.25) is 5.91 Å². The number of nitrogens with one attached hydrogen (secondary N) is 2. The second kappa shape index (κ2) is 6.90. The first-order valence-corrected chi connectivity index (χ1v) is 8.14. The molecular formula is C16H18F5N3O2. The van der Waals surface area contributed by atoms with Crippen molar-refractivity contribution < 1.29 is 31.5 Å². The van der Waals surface area contributed by atoms with Crippen LogP contribution in [0.15, 0.2) is 24.3 Å². The van der Waals surface area contributed by atoms with Crippen LogP contribution >= 0.6 is 0 Å². The first-order valence-electron chi connectivity index (χ1n) is 8.14. The zero-order valence-corrected chi connectivity index (χ0v) is 13.7. The highest BCUT2D eigenvalue weighted by Gasteiger charge is 2.43. The van der Waals surface area contributed by atoms with Crippen LogP contribution in [0.5, 0.6) is 5.75 Å². The average Bonchev–Trinajstić information content (AvgIpc) is 3.12. The Balaban J connectivity index is 1.55. The van der Waals surface area contributed by atoms with Crippen molar-refractivity contribution in [2.45, 2.75) is 37.2 Å². The lowest BCUT2D eigenvalue weighted by Gasteiger charge is -2.21. The SMILES string of the molecule is O=C(NC1CCN(c2cccc(OC(F)(F)F)c2)C1)C1CC(F)(F)CN1. The molecule has 1 aromatic carbocycles. The molecule has 3 rings (SSSR count). The fraction of sp³-hybridized carbons (Fsp3) is 0.562. The third-order valence-corrected chi connectivity index (χ3v) is 4.38. The Hall–Kier alpha value is -2.10. The van der Waals surface area contributed by atoms with Crippen molar-refractivity contribution in [1.82, 2.24) is 10.6 Å². The Bertz CT molecular complexity index is 668. The van der Waals surface area contributed by atoms with Gasteiger partial charge in [0, 0.05) is 37.3 Å². The van der Waals surface area contributed by atoms with E-state index in [4.69, 9.17) is 0 Å². The number of alkyl halides is 5. The van der Waals surface area contributed by atoms with Crippen molar-refractivity contribution in [1.29, 1.82) is 0 Å². The number of halogens is 5. The summed E-state index contributed by atoms with van der Waals surface area (Å²) in [6.07, 6.45) is -4.73. The van der Waals surface area contributed by atoms with Crippen molar-refractivity contribution in [2.24, 2.45) is 0 Å². The summed E-state index contributed by atoms with van der Waals surface area (Å²) in [6.45, 7) is 0.382.